The Balaban J connectivity index is 1.43. The highest BCUT2D eigenvalue weighted by atomic mass is 32.1. The quantitative estimate of drug-likeness (QED) is 0.716. The van der Waals surface area contributed by atoms with Gasteiger partial charge in [-0.15, -0.1) is 0 Å². The van der Waals surface area contributed by atoms with E-state index in [1.807, 2.05) is 49.4 Å². The molecule has 1 fully saturated rings. The van der Waals surface area contributed by atoms with Crippen LogP contribution in [0.15, 0.2) is 42.5 Å². The maximum absolute atomic E-state index is 12.8. The molecular formula is C20H20N4O3S. The zero-order chi connectivity index (χ0) is 19.7. The number of nitrogens with zero attached hydrogens (tertiary/aromatic N) is 3. The number of benzene rings is 2. The first-order valence-electron chi connectivity index (χ1n) is 8.92. The lowest BCUT2D eigenvalue weighted by Crippen LogP contribution is -2.37. The van der Waals surface area contributed by atoms with Crippen LogP contribution in [0.2, 0.25) is 0 Å². The van der Waals surface area contributed by atoms with Gasteiger partial charge >= 0.3 is 6.03 Å². The zero-order valence-corrected chi connectivity index (χ0v) is 16.5. The average molecular weight is 396 g/mol. The van der Waals surface area contributed by atoms with Crippen LogP contribution in [0.5, 0.6) is 5.75 Å². The SMILES string of the molecule is COc1ccccc1N1CCN(CC(=O)Nc2nc3c(C)cccc3s2)C1=O. The number of para-hydroxylation sites is 3. The smallest absolute Gasteiger partial charge is 0.325 e. The third kappa shape index (κ3) is 3.38. The number of hydrogen-bond acceptors (Lipinski definition) is 5. The molecule has 1 N–H and O–H groups in total. The fourth-order valence-corrected chi connectivity index (χ4v) is 4.24. The molecule has 1 aromatic heterocycles. The Hall–Kier alpha value is -3.13. The molecule has 28 heavy (non-hydrogen) atoms. The van der Waals surface area contributed by atoms with Crippen molar-refractivity contribution in [2.75, 3.05) is 37.0 Å². The zero-order valence-electron chi connectivity index (χ0n) is 15.6. The molecule has 0 atom stereocenters. The Morgan fingerprint density at radius 3 is 2.82 bits per heavy atom. The largest absolute Gasteiger partial charge is 0.495 e. The second kappa shape index (κ2) is 7.47. The lowest BCUT2D eigenvalue weighted by molar-refractivity contribution is -0.116. The topological polar surface area (TPSA) is 74.8 Å². The molecule has 0 aliphatic carbocycles. The third-order valence-electron chi connectivity index (χ3n) is 4.67. The second-order valence-electron chi connectivity index (χ2n) is 6.52. The fraction of sp³-hybridized carbons (Fsp3) is 0.250. The van der Waals surface area contributed by atoms with E-state index in [0.717, 1.165) is 15.8 Å². The number of fused-ring (bicyclic) bond motifs is 1. The van der Waals surface area contributed by atoms with E-state index in [-0.39, 0.29) is 18.5 Å². The first kappa shape index (κ1) is 18.2. The number of ether oxygens (including phenoxy) is 1. The first-order valence-corrected chi connectivity index (χ1v) is 9.74. The molecule has 7 nitrogen and oxygen atoms in total. The molecule has 1 aliphatic heterocycles. The number of carbonyl (C=O) groups is 2. The number of hydrogen-bond donors (Lipinski definition) is 1. The van der Waals surface area contributed by atoms with E-state index in [1.54, 1.807) is 12.0 Å². The highest BCUT2D eigenvalue weighted by molar-refractivity contribution is 7.22. The van der Waals surface area contributed by atoms with Crippen LogP contribution in [0.1, 0.15) is 5.56 Å². The van der Waals surface area contributed by atoms with Gasteiger partial charge in [0.2, 0.25) is 5.91 Å². The van der Waals surface area contributed by atoms with Crippen molar-refractivity contribution in [2.24, 2.45) is 0 Å². The number of aromatic nitrogens is 1. The van der Waals surface area contributed by atoms with Crippen LogP contribution in [0.3, 0.4) is 0 Å². The highest BCUT2D eigenvalue weighted by Crippen LogP contribution is 2.31. The van der Waals surface area contributed by atoms with Crippen molar-refractivity contribution in [1.82, 2.24) is 9.88 Å². The van der Waals surface area contributed by atoms with Crippen molar-refractivity contribution >= 4 is 44.3 Å². The number of nitrogens with one attached hydrogen (secondary N) is 1. The van der Waals surface area contributed by atoms with Gasteiger partial charge in [-0.05, 0) is 30.7 Å². The van der Waals surface area contributed by atoms with Crippen LogP contribution in [0.25, 0.3) is 10.2 Å². The first-order chi connectivity index (χ1) is 13.6. The minimum absolute atomic E-state index is 0.0145. The summed E-state index contributed by atoms with van der Waals surface area (Å²) in [5.41, 5.74) is 2.67. The summed E-state index contributed by atoms with van der Waals surface area (Å²) < 4.78 is 6.36. The Morgan fingerprint density at radius 1 is 1.21 bits per heavy atom. The molecule has 1 saturated heterocycles. The number of carbonyl (C=O) groups excluding carboxylic acids is 2. The molecule has 0 spiro atoms. The minimum Gasteiger partial charge on any atom is -0.495 e. The summed E-state index contributed by atoms with van der Waals surface area (Å²) in [5.74, 6) is 0.374. The Kier molecular flexibility index (Phi) is 4.87. The summed E-state index contributed by atoms with van der Waals surface area (Å²) in [6.45, 7) is 2.96. The van der Waals surface area contributed by atoms with Gasteiger partial charge in [0, 0.05) is 13.1 Å². The number of aryl methyl sites for hydroxylation is 1. The maximum atomic E-state index is 12.8. The van der Waals surface area contributed by atoms with Crippen molar-refractivity contribution in [1.29, 1.82) is 0 Å². The Morgan fingerprint density at radius 2 is 2.04 bits per heavy atom. The number of thiazole rings is 1. The van der Waals surface area contributed by atoms with Gasteiger partial charge in [-0.25, -0.2) is 9.78 Å². The normalized spacial score (nSPS) is 14.0. The maximum Gasteiger partial charge on any atom is 0.325 e. The van der Waals surface area contributed by atoms with Gasteiger partial charge in [0.15, 0.2) is 5.13 Å². The van der Waals surface area contributed by atoms with Gasteiger partial charge in [0.25, 0.3) is 0 Å². The van der Waals surface area contributed by atoms with E-state index in [1.165, 1.54) is 16.2 Å². The molecule has 3 aromatic rings. The lowest BCUT2D eigenvalue weighted by Gasteiger charge is -2.20. The number of rotatable bonds is 5. The third-order valence-corrected chi connectivity index (χ3v) is 5.61. The van der Waals surface area contributed by atoms with Gasteiger partial charge in [-0.1, -0.05) is 35.6 Å². The molecule has 2 heterocycles. The van der Waals surface area contributed by atoms with Crippen LogP contribution in [-0.2, 0) is 4.79 Å². The van der Waals surface area contributed by atoms with E-state index in [9.17, 15) is 9.59 Å². The van der Waals surface area contributed by atoms with Crippen LogP contribution >= 0.6 is 11.3 Å². The highest BCUT2D eigenvalue weighted by Gasteiger charge is 2.32. The van der Waals surface area contributed by atoms with Gasteiger partial charge in [0.05, 0.1) is 23.0 Å². The van der Waals surface area contributed by atoms with Crippen LogP contribution < -0.4 is 15.0 Å². The predicted molar refractivity (Wildman–Crippen MR) is 110 cm³/mol. The Bertz CT molecular complexity index is 1050. The fourth-order valence-electron chi connectivity index (χ4n) is 3.28. The Labute approximate surface area is 166 Å². The van der Waals surface area contributed by atoms with Crippen LogP contribution in [0.4, 0.5) is 15.6 Å². The van der Waals surface area contributed by atoms with Crippen LogP contribution in [0, 0.1) is 6.92 Å². The van der Waals surface area contributed by atoms with E-state index in [4.69, 9.17) is 4.74 Å². The van der Waals surface area contributed by atoms with Crippen molar-refractivity contribution in [3.8, 4) is 5.75 Å². The van der Waals surface area contributed by atoms with E-state index in [0.29, 0.717) is 29.7 Å². The molecule has 0 saturated carbocycles. The molecule has 4 rings (SSSR count). The van der Waals surface area contributed by atoms with Gasteiger partial charge in [-0.2, -0.15) is 0 Å². The van der Waals surface area contributed by atoms with Gasteiger partial charge < -0.3 is 15.0 Å². The number of anilines is 2. The summed E-state index contributed by atoms with van der Waals surface area (Å²) in [5, 5.41) is 3.36. The van der Waals surface area contributed by atoms with E-state index >= 15 is 0 Å². The summed E-state index contributed by atoms with van der Waals surface area (Å²) in [6.07, 6.45) is 0. The van der Waals surface area contributed by atoms with Crippen molar-refractivity contribution in [3.05, 3.63) is 48.0 Å². The lowest BCUT2D eigenvalue weighted by atomic mass is 10.2. The van der Waals surface area contributed by atoms with E-state index in [2.05, 4.69) is 10.3 Å². The molecule has 8 heteroatoms. The molecule has 0 radical (unpaired) electrons. The molecule has 1 aliphatic rings. The molecule has 0 unspecified atom stereocenters. The molecule has 0 bridgehead atoms. The second-order valence-corrected chi connectivity index (χ2v) is 7.55. The summed E-state index contributed by atoms with van der Waals surface area (Å²) in [7, 11) is 1.57. The van der Waals surface area contributed by atoms with Crippen molar-refractivity contribution in [3.63, 3.8) is 0 Å². The molecule has 144 valence electrons. The molecular weight excluding hydrogens is 376 g/mol. The summed E-state index contributed by atoms with van der Waals surface area (Å²) >= 11 is 1.43. The summed E-state index contributed by atoms with van der Waals surface area (Å²) in [6, 6.07) is 13.1. The predicted octanol–water partition coefficient (Wildman–Crippen LogP) is 3.49. The molecule has 2 aromatic carbocycles. The minimum atomic E-state index is -0.257. The number of urea groups is 1. The molecule has 3 amide bonds. The standard InChI is InChI=1S/C20H20N4O3S/c1-13-6-5-9-16-18(13)22-19(28-16)21-17(25)12-23-10-11-24(20(23)26)14-7-3-4-8-15(14)27-2/h3-9H,10-12H2,1-2H3,(H,21,22,25). The van der Waals surface area contributed by atoms with Crippen molar-refractivity contribution < 1.29 is 14.3 Å². The van der Waals surface area contributed by atoms with Crippen LogP contribution in [-0.4, -0.2) is 48.6 Å². The number of amides is 3. The van der Waals surface area contributed by atoms with Gasteiger partial charge in [0.1, 0.15) is 12.3 Å². The van der Waals surface area contributed by atoms with Gasteiger partial charge in [-0.3, -0.25) is 9.69 Å². The number of methoxy groups -OCH3 is 1. The average Bonchev–Trinajstić information content (AvgIpc) is 3.26. The van der Waals surface area contributed by atoms with Crippen molar-refractivity contribution in [2.45, 2.75) is 6.92 Å². The summed E-state index contributed by atoms with van der Waals surface area (Å²) in [4.78, 5) is 32.9. The monoisotopic (exact) mass is 396 g/mol. The van der Waals surface area contributed by atoms with E-state index < -0.39 is 0 Å².